The third kappa shape index (κ3) is 4.74. The van der Waals surface area contributed by atoms with E-state index in [1.807, 2.05) is 0 Å². The number of hydrogen-bond acceptors (Lipinski definition) is 5. The molecule has 1 fully saturated rings. The fourth-order valence-corrected chi connectivity index (χ4v) is 2.77. The third-order valence-corrected chi connectivity index (χ3v) is 4.19. The highest BCUT2D eigenvalue weighted by atomic mass is 79.9. The lowest BCUT2D eigenvalue weighted by atomic mass is 10.1. The number of carbonyl (C=O) groups is 2. The summed E-state index contributed by atoms with van der Waals surface area (Å²) in [4.78, 5) is 24.0. The molecule has 1 saturated heterocycles. The Kier molecular flexibility index (Phi) is 5.32. The van der Waals surface area contributed by atoms with E-state index in [0.717, 1.165) is 0 Å². The standard InChI is InChI=1S/C20H16BrFO5/c1-20(2)26-18(23)16(19(24)27-20)9-12-4-3-5-15(8-12)25-11-13-6-7-14(21)10-17(13)22/h3-10H,11H2,1-2H3. The fraction of sp³-hybridized carbons (Fsp3) is 0.200. The smallest absolute Gasteiger partial charge is 0.348 e. The number of esters is 2. The van der Waals surface area contributed by atoms with Gasteiger partial charge in [-0.2, -0.15) is 0 Å². The van der Waals surface area contributed by atoms with Gasteiger partial charge in [-0.3, -0.25) is 0 Å². The van der Waals surface area contributed by atoms with Crippen molar-refractivity contribution in [3.05, 3.63) is 69.5 Å². The van der Waals surface area contributed by atoms with Gasteiger partial charge in [-0.05, 0) is 35.9 Å². The molecule has 0 radical (unpaired) electrons. The van der Waals surface area contributed by atoms with Gasteiger partial charge in [0.2, 0.25) is 0 Å². The molecule has 0 unspecified atom stereocenters. The van der Waals surface area contributed by atoms with Crippen LogP contribution in [0, 0.1) is 5.82 Å². The van der Waals surface area contributed by atoms with Crippen molar-refractivity contribution in [3.8, 4) is 5.75 Å². The van der Waals surface area contributed by atoms with E-state index >= 15 is 0 Å². The first-order valence-electron chi connectivity index (χ1n) is 8.09. The van der Waals surface area contributed by atoms with Crippen LogP contribution in [0.4, 0.5) is 4.39 Å². The number of ether oxygens (including phenoxy) is 3. The zero-order valence-electron chi connectivity index (χ0n) is 14.6. The molecule has 0 atom stereocenters. The Morgan fingerprint density at radius 1 is 1.11 bits per heavy atom. The first-order valence-corrected chi connectivity index (χ1v) is 8.88. The maximum atomic E-state index is 13.9. The minimum absolute atomic E-state index is 0.0391. The lowest BCUT2D eigenvalue weighted by molar-refractivity contribution is -0.222. The van der Waals surface area contributed by atoms with Gasteiger partial charge in [0.1, 0.15) is 23.7 Å². The van der Waals surface area contributed by atoms with E-state index < -0.39 is 17.7 Å². The molecule has 0 aliphatic carbocycles. The average Bonchev–Trinajstić information content (AvgIpc) is 2.57. The first kappa shape index (κ1) is 19.1. The molecule has 7 heteroatoms. The number of benzene rings is 2. The summed E-state index contributed by atoms with van der Waals surface area (Å²) in [6.07, 6.45) is 1.37. The van der Waals surface area contributed by atoms with Crippen LogP contribution in [0.25, 0.3) is 6.08 Å². The molecule has 5 nitrogen and oxygen atoms in total. The largest absolute Gasteiger partial charge is 0.489 e. The van der Waals surface area contributed by atoms with Crippen molar-refractivity contribution in [2.24, 2.45) is 0 Å². The highest BCUT2D eigenvalue weighted by Crippen LogP contribution is 2.25. The molecule has 0 aromatic heterocycles. The summed E-state index contributed by atoms with van der Waals surface area (Å²) in [7, 11) is 0. The van der Waals surface area contributed by atoms with Crippen LogP contribution in [0.1, 0.15) is 25.0 Å². The van der Waals surface area contributed by atoms with Crippen LogP contribution < -0.4 is 4.74 Å². The minimum Gasteiger partial charge on any atom is -0.489 e. The summed E-state index contributed by atoms with van der Waals surface area (Å²) in [5.41, 5.74) is 0.751. The van der Waals surface area contributed by atoms with Crippen molar-refractivity contribution in [3.63, 3.8) is 0 Å². The van der Waals surface area contributed by atoms with Gasteiger partial charge >= 0.3 is 11.9 Å². The second kappa shape index (κ2) is 7.52. The van der Waals surface area contributed by atoms with E-state index in [4.69, 9.17) is 14.2 Å². The van der Waals surface area contributed by atoms with Crippen molar-refractivity contribution < 1.29 is 28.2 Å². The van der Waals surface area contributed by atoms with Gasteiger partial charge in [0, 0.05) is 23.9 Å². The lowest BCUT2D eigenvalue weighted by Gasteiger charge is -2.29. The second-order valence-electron chi connectivity index (χ2n) is 6.33. The molecule has 2 aromatic rings. The minimum atomic E-state index is -1.29. The monoisotopic (exact) mass is 434 g/mol. The van der Waals surface area contributed by atoms with Crippen molar-refractivity contribution >= 4 is 33.9 Å². The van der Waals surface area contributed by atoms with E-state index in [1.54, 1.807) is 36.4 Å². The number of carbonyl (C=O) groups excluding carboxylic acids is 2. The zero-order chi connectivity index (χ0) is 19.6. The number of rotatable bonds is 4. The Bertz CT molecular complexity index is 914. The van der Waals surface area contributed by atoms with Crippen LogP contribution in [-0.2, 0) is 25.7 Å². The third-order valence-electron chi connectivity index (χ3n) is 3.70. The van der Waals surface area contributed by atoms with Crippen molar-refractivity contribution in [1.82, 2.24) is 0 Å². The number of hydrogen-bond donors (Lipinski definition) is 0. The summed E-state index contributed by atoms with van der Waals surface area (Å²) in [5.74, 6) is -2.70. The number of halogens is 2. The van der Waals surface area contributed by atoms with Crippen molar-refractivity contribution in [2.75, 3.05) is 0 Å². The Hall–Kier alpha value is -2.67. The highest BCUT2D eigenvalue weighted by molar-refractivity contribution is 9.10. The molecule has 3 rings (SSSR count). The predicted octanol–water partition coefficient (Wildman–Crippen LogP) is 4.39. The van der Waals surface area contributed by atoms with E-state index in [0.29, 0.717) is 21.3 Å². The maximum absolute atomic E-state index is 13.9. The molecule has 1 heterocycles. The van der Waals surface area contributed by atoms with Gasteiger partial charge in [0.05, 0.1) is 0 Å². The lowest BCUT2D eigenvalue weighted by Crippen LogP contribution is -2.41. The summed E-state index contributed by atoms with van der Waals surface area (Å²) < 4.78 is 30.2. The van der Waals surface area contributed by atoms with E-state index in [9.17, 15) is 14.0 Å². The normalized spacial score (nSPS) is 15.8. The quantitative estimate of drug-likeness (QED) is 0.405. The summed E-state index contributed by atoms with van der Waals surface area (Å²) in [6, 6.07) is 11.4. The Morgan fingerprint density at radius 3 is 2.48 bits per heavy atom. The molecule has 1 aliphatic heterocycles. The molecule has 27 heavy (non-hydrogen) atoms. The molecule has 2 aromatic carbocycles. The maximum Gasteiger partial charge on any atom is 0.348 e. The zero-order valence-corrected chi connectivity index (χ0v) is 16.2. The fourth-order valence-electron chi connectivity index (χ4n) is 2.44. The van der Waals surface area contributed by atoms with Gasteiger partial charge in [0.25, 0.3) is 5.79 Å². The van der Waals surface area contributed by atoms with Crippen LogP contribution >= 0.6 is 15.9 Å². The average molecular weight is 435 g/mol. The van der Waals surface area contributed by atoms with E-state index in [1.165, 1.54) is 26.0 Å². The first-order chi connectivity index (χ1) is 12.7. The molecule has 0 bridgehead atoms. The van der Waals surface area contributed by atoms with Crippen LogP contribution in [0.3, 0.4) is 0 Å². The van der Waals surface area contributed by atoms with Crippen LogP contribution in [-0.4, -0.2) is 17.7 Å². The molecular weight excluding hydrogens is 419 g/mol. The van der Waals surface area contributed by atoms with Gasteiger partial charge in [-0.15, -0.1) is 0 Å². The van der Waals surface area contributed by atoms with Gasteiger partial charge in [-0.25, -0.2) is 14.0 Å². The molecule has 140 valence electrons. The van der Waals surface area contributed by atoms with E-state index in [2.05, 4.69) is 15.9 Å². The Labute approximate surface area is 163 Å². The van der Waals surface area contributed by atoms with Crippen molar-refractivity contribution in [2.45, 2.75) is 26.2 Å². The Balaban J connectivity index is 1.76. The van der Waals surface area contributed by atoms with Gasteiger partial charge in [0.15, 0.2) is 0 Å². The molecule has 0 N–H and O–H groups in total. The molecule has 0 spiro atoms. The molecule has 0 saturated carbocycles. The van der Waals surface area contributed by atoms with Gasteiger partial charge < -0.3 is 14.2 Å². The summed E-state index contributed by atoms with van der Waals surface area (Å²) >= 11 is 3.20. The highest BCUT2D eigenvalue weighted by Gasteiger charge is 2.38. The number of cyclic esters (lactones) is 2. The topological polar surface area (TPSA) is 61.8 Å². The summed E-state index contributed by atoms with van der Waals surface area (Å²) in [6.45, 7) is 3.00. The van der Waals surface area contributed by atoms with Crippen LogP contribution in [0.2, 0.25) is 0 Å². The van der Waals surface area contributed by atoms with E-state index in [-0.39, 0.29) is 18.0 Å². The SMILES string of the molecule is CC1(C)OC(=O)C(=Cc2cccc(OCc3ccc(Br)cc3F)c2)C(=O)O1. The summed E-state index contributed by atoms with van der Waals surface area (Å²) in [5, 5.41) is 0. The predicted molar refractivity (Wildman–Crippen MR) is 99.1 cm³/mol. The molecule has 0 amide bonds. The molecular formula is C20H16BrFO5. The Morgan fingerprint density at radius 2 is 1.81 bits per heavy atom. The van der Waals surface area contributed by atoms with Crippen molar-refractivity contribution in [1.29, 1.82) is 0 Å². The van der Waals surface area contributed by atoms with Crippen LogP contribution in [0.15, 0.2) is 52.5 Å². The van der Waals surface area contributed by atoms with Gasteiger partial charge in [-0.1, -0.05) is 34.1 Å². The molecule has 1 aliphatic rings. The van der Waals surface area contributed by atoms with Crippen LogP contribution in [0.5, 0.6) is 5.75 Å². The second-order valence-corrected chi connectivity index (χ2v) is 7.25.